The van der Waals surface area contributed by atoms with Gasteiger partial charge in [0.25, 0.3) is 0 Å². The van der Waals surface area contributed by atoms with Gasteiger partial charge in [0.1, 0.15) is 11.9 Å². The van der Waals surface area contributed by atoms with Gasteiger partial charge < -0.3 is 29.8 Å². The maximum atomic E-state index is 17.1. The first-order chi connectivity index (χ1) is 27.8. The largest absolute Gasteiger partial charge is 0.480 e. The fraction of sp³-hybridized carbons (Fsp3) is 0.452. The van der Waals surface area contributed by atoms with Crippen molar-refractivity contribution in [3.63, 3.8) is 0 Å². The van der Waals surface area contributed by atoms with Crippen LogP contribution in [0.1, 0.15) is 93.3 Å². The molecule has 58 heavy (non-hydrogen) atoms. The van der Waals surface area contributed by atoms with Crippen molar-refractivity contribution in [2.75, 3.05) is 18.1 Å². The standard InChI is InChI=1S/C42H49F4N7O5/c1-5-8-9-19-57-35(14-13-34(40(55)56)50-25(4)54)58-24-28-20-32(43)36(30-15-17-47-37(28)30)39-31-23-52(41-48-21-29(22-49-41)42(44,45)46)18-16-33(31)51-53(39)38-26(6-2)11-10-12-27(38)7-3/h10-12,15,17,20-22,34-35,47H,5-9,13-14,16,18-19,23-24H2,1-4H3,(H,50,54)(H,55,56)/t34-,35?/m0/s1. The van der Waals surface area contributed by atoms with Crippen LogP contribution in [0.5, 0.6) is 0 Å². The minimum atomic E-state index is -4.58. The molecule has 3 aromatic heterocycles. The van der Waals surface area contributed by atoms with E-state index in [1.165, 1.54) is 13.0 Å². The van der Waals surface area contributed by atoms with Crippen molar-refractivity contribution in [1.29, 1.82) is 0 Å². The number of fused-ring (bicyclic) bond motifs is 2. The molecule has 0 saturated heterocycles. The summed E-state index contributed by atoms with van der Waals surface area (Å²) in [6.07, 6.45) is 2.55. The summed E-state index contributed by atoms with van der Waals surface area (Å²) in [4.78, 5) is 36.6. The third-order valence-corrected chi connectivity index (χ3v) is 10.4. The van der Waals surface area contributed by atoms with Crippen molar-refractivity contribution in [3.05, 3.63) is 88.3 Å². The van der Waals surface area contributed by atoms with E-state index in [1.807, 2.05) is 36.7 Å². The third-order valence-electron chi connectivity index (χ3n) is 10.4. The number of rotatable bonds is 18. The molecule has 12 nitrogen and oxygen atoms in total. The molecular formula is C42H49F4N7O5. The Kier molecular flexibility index (Phi) is 13.5. The molecule has 310 valence electrons. The van der Waals surface area contributed by atoms with Crippen molar-refractivity contribution >= 4 is 28.7 Å². The van der Waals surface area contributed by atoms with E-state index in [0.717, 1.165) is 54.2 Å². The Morgan fingerprint density at radius 3 is 2.38 bits per heavy atom. The number of aliphatic carboxylic acids is 1. The average molecular weight is 808 g/mol. The number of carbonyl (C=O) groups is 2. The number of hydrogen-bond acceptors (Lipinski definition) is 8. The van der Waals surface area contributed by atoms with Crippen molar-refractivity contribution in [1.82, 2.24) is 30.0 Å². The van der Waals surface area contributed by atoms with Crippen LogP contribution in [0.3, 0.4) is 0 Å². The monoisotopic (exact) mass is 807 g/mol. The number of halogens is 4. The number of ether oxygens (including phenoxy) is 2. The maximum Gasteiger partial charge on any atom is 0.419 e. The second kappa shape index (κ2) is 18.5. The first kappa shape index (κ1) is 42.3. The summed E-state index contributed by atoms with van der Waals surface area (Å²) in [5, 5.41) is 17.8. The number of aromatic nitrogens is 5. The number of unbranched alkanes of at least 4 members (excludes halogenated alkanes) is 2. The fourth-order valence-corrected chi connectivity index (χ4v) is 7.47. The highest BCUT2D eigenvalue weighted by Crippen LogP contribution is 2.41. The zero-order valence-electron chi connectivity index (χ0n) is 33.1. The Morgan fingerprint density at radius 2 is 1.74 bits per heavy atom. The molecule has 0 bridgehead atoms. The Balaban J connectivity index is 1.40. The maximum absolute atomic E-state index is 17.1. The quantitative estimate of drug-likeness (QED) is 0.0454. The fourth-order valence-electron chi connectivity index (χ4n) is 7.47. The lowest BCUT2D eigenvalue weighted by Gasteiger charge is -2.27. The number of aryl methyl sites for hydroxylation is 2. The minimum absolute atomic E-state index is 0.0567. The smallest absolute Gasteiger partial charge is 0.419 e. The van der Waals surface area contributed by atoms with E-state index in [1.54, 1.807) is 17.2 Å². The Hall–Kier alpha value is -5.35. The normalized spacial score (nSPS) is 14.1. The van der Waals surface area contributed by atoms with E-state index < -0.39 is 41.8 Å². The third kappa shape index (κ3) is 9.34. The summed E-state index contributed by atoms with van der Waals surface area (Å²) in [7, 11) is 0. The van der Waals surface area contributed by atoms with Crippen LogP contribution < -0.4 is 10.2 Å². The van der Waals surface area contributed by atoms with Gasteiger partial charge in [0.05, 0.1) is 34.8 Å². The molecule has 0 fully saturated rings. The number of nitrogens with one attached hydrogen (secondary N) is 2. The topological polar surface area (TPSA) is 147 Å². The van der Waals surface area contributed by atoms with Crippen LogP contribution in [0.15, 0.2) is 48.9 Å². The molecular weight excluding hydrogens is 758 g/mol. The van der Waals surface area contributed by atoms with Crippen LogP contribution >= 0.6 is 0 Å². The summed E-state index contributed by atoms with van der Waals surface area (Å²) < 4.78 is 71.3. The summed E-state index contributed by atoms with van der Waals surface area (Å²) in [5.74, 6) is -2.05. The van der Waals surface area contributed by atoms with Gasteiger partial charge in [-0.15, -0.1) is 0 Å². The van der Waals surface area contributed by atoms with Crippen LogP contribution in [-0.4, -0.2) is 67.2 Å². The Bertz CT molecular complexity index is 2200. The molecule has 0 radical (unpaired) electrons. The van der Waals surface area contributed by atoms with Gasteiger partial charge in [0.2, 0.25) is 11.9 Å². The Labute approximate surface area is 334 Å². The minimum Gasteiger partial charge on any atom is -0.480 e. The number of benzene rings is 2. The highest BCUT2D eigenvalue weighted by atomic mass is 19.4. The number of carbonyl (C=O) groups excluding carboxylic acids is 1. The first-order valence-electron chi connectivity index (χ1n) is 19.7. The number of hydrogen-bond donors (Lipinski definition) is 3. The second-order valence-corrected chi connectivity index (χ2v) is 14.4. The first-order valence-corrected chi connectivity index (χ1v) is 19.7. The zero-order valence-corrected chi connectivity index (χ0v) is 33.1. The van der Waals surface area contributed by atoms with Gasteiger partial charge in [-0.05, 0) is 48.9 Å². The molecule has 4 heterocycles. The van der Waals surface area contributed by atoms with Gasteiger partial charge in [-0.25, -0.2) is 23.8 Å². The molecule has 0 aliphatic carbocycles. The molecule has 1 aliphatic heterocycles. The van der Waals surface area contributed by atoms with Gasteiger partial charge >= 0.3 is 12.1 Å². The number of alkyl halides is 3. The van der Waals surface area contributed by atoms with E-state index in [0.29, 0.717) is 65.7 Å². The van der Waals surface area contributed by atoms with Gasteiger partial charge in [-0.3, -0.25) is 4.79 Å². The second-order valence-electron chi connectivity index (χ2n) is 14.4. The molecule has 1 unspecified atom stereocenters. The van der Waals surface area contributed by atoms with E-state index >= 15 is 4.39 Å². The van der Waals surface area contributed by atoms with Crippen LogP contribution in [0.2, 0.25) is 0 Å². The van der Waals surface area contributed by atoms with Crippen molar-refractivity contribution in [2.45, 2.75) is 111 Å². The Morgan fingerprint density at radius 1 is 1.02 bits per heavy atom. The average Bonchev–Trinajstić information content (AvgIpc) is 3.84. The predicted octanol–water partition coefficient (Wildman–Crippen LogP) is 8.08. The van der Waals surface area contributed by atoms with Gasteiger partial charge in [0.15, 0.2) is 6.29 Å². The van der Waals surface area contributed by atoms with Gasteiger partial charge in [0, 0.05) is 80.1 Å². The molecule has 16 heteroatoms. The lowest BCUT2D eigenvalue weighted by molar-refractivity contribution is -0.157. The molecule has 1 aliphatic rings. The number of carboxylic acid groups (broad SMARTS) is 1. The van der Waals surface area contributed by atoms with Crippen LogP contribution in [0, 0.1) is 5.82 Å². The van der Waals surface area contributed by atoms with E-state index in [2.05, 4.69) is 27.2 Å². The molecule has 2 aromatic carbocycles. The molecule has 3 N–H and O–H groups in total. The SMILES string of the molecule is CCCCCOC(CC[C@H](NC(C)=O)C(=O)O)OCc1cc(F)c(-c2c3c(nn2-c2c(CC)cccc2CC)CCN(c2ncc(C(F)(F)F)cn2)C3)c2cc[nH]c12. The number of amides is 1. The van der Waals surface area contributed by atoms with Crippen LogP contribution in [0.4, 0.5) is 23.5 Å². The summed E-state index contributed by atoms with van der Waals surface area (Å²) in [6.45, 7) is 8.29. The number of aromatic amines is 1. The summed E-state index contributed by atoms with van der Waals surface area (Å²) in [6, 6.07) is 8.12. The molecule has 2 atom stereocenters. The van der Waals surface area contributed by atoms with Crippen LogP contribution in [-0.2, 0) is 57.7 Å². The number of nitrogens with zero attached hydrogens (tertiary/aromatic N) is 5. The number of para-hydroxylation sites is 1. The molecule has 0 saturated carbocycles. The van der Waals surface area contributed by atoms with Gasteiger partial charge in [-0.1, -0.05) is 51.8 Å². The highest BCUT2D eigenvalue weighted by molar-refractivity contribution is 5.98. The molecule has 0 spiro atoms. The molecule has 5 aromatic rings. The number of carboxylic acids is 1. The lowest BCUT2D eigenvalue weighted by atomic mass is 9.95. The van der Waals surface area contributed by atoms with E-state index in [-0.39, 0.29) is 31.9 Å². The lowest BCUT2D eigenvalue weighted by Crippen LogP contribution is -2.40. The zero-order chi connectivity index (χ0) is 41.6. The molecule has 1 amide bonds. The van der Waals surface area contributed by atoms with Crippen LogP contribution in [0.25, 0.3) is 27.8 Å². The van der Waals surface area contributed by atoms with E-state index in [4.69, 9.17) is 14.6 Å². The number of H-pyrrole nitrogens is 1. The predicted molar refractivity (Wildman–Crippen MR) is 210 cm³/mol. The van der Waals surface area contributed by atoms with Crippen molar-refractivity contribution in [2.24, 2.45) is 0 Å². The van der Waals surface area contributed by atoms with Crippen molar-refractivity contribution in [3.8, 4) is 16.9 Å². The molecule has 6 rings (SSSR count). The van der Waals surface area contributed by atoms with Crippen molar-refractivity contribution < 1.29 is 41.7 Å². The summed E-state index contributed by atoms with van der Waals surface area (Å²) in [5.41, 5.74) is 5.33. The highest BCUT2D eigenvalue weighted by Gasteiger charge is 2.34. The van der Waals surface area contributed by atoms with E-state index in [9.17, 15) is 27.9 Å². The number of anilines is 1. The summed E-state index contributed by atoms with van der Waals surface area (Å²) >= 11 is 0. The van der Waals surface area contributed by atoms with Gasteiger partial charge in [-0.2, -0.15) is 18.3 Å².